The maximum absolute atomic E-state index is 12.8. The minimum Gasteiger partial charge on any atom is -0.310 e. The Labute approximate surface area is 88.3 Å². The van der Waals surface area contributed by atoms with E-state index in [2.05, 4.69) is 5.32 Å². The van der Waals surface area contributed by atoms with Crippen molar-refractivity contribution in [1.29, 1.82) is 0 Å². The van der Waals surface area contributed by atoms with E-state index in [0.717, 1.165) is 18.5 Å². The van der Waals surface area contributed by atoms with Gasteiger partial charge in [0.05, 0.1) is 0 Å². The molecular weight excluding hydrogens is 201 g/mol. The average molecular weight is 214 g/mol. The molecule has 1 fully saturated rings. The minimum atomic E-state index is -0.269. The van der Waals surface area contributed by atoms with E-state index in [1.807, 2.05) is 0 Å². The van der Waals surface area contributed by atoms with Gasteiger partial charge in [-0.2, -0.15) is 0 Å². The van der Waals surface area contributed by atoms with E-state index in [1.165, 1.54) is 25.0 Å². The fourth-order valence-corrected chi connectivity index (χ4v) is 2.20. The molecule has 1 aliphatic heterocycles. The van der Waals surface area contributed by atoms with Gasteiger partial charge in [0.25, 0.3) is 0 Å². The summed E-state index contributed by atoms with van der Waals surface area (Å²) >= 11 is 5.98. The standard InChI is InChI=1S/C11H13ClFN/c12-10-7-8(13)4-5-9(10)11-3-1-2-6-14-11/h4-5,7,11,14H,1-3,6H2/t11-/m0/s1. The highest BCUT2D eigenvalue weighted by Gasteiger charge is 2.17. The number of hydrogen-bond acceptors (Lipinski definition) is 1. The zero-order valence-corrected chi connectivity index (χ0v) is 8.65. The monoisotopic (exact) mass is 213 g/mol. The summed E-state index contributed by atoms with van der Waals surface area (Å²) < 4.78 is 12.8. The molecule has 1 aromatic carbocycles. The van der Waals surface area contributed by atoms with Crippen molar-refractivity contribution in [2.45, 2.75) is 25.3 Å². The molecule has 0 saturated carbocycles. The third-order valence-corrected chi connectivity index (χ3v) is 2.98. The molecule has 1 aromatic rings. The summed E-state index contributed by atoms with van der Waals surface area (Å²) in [5, 5.41) is 3.92. The first-order valence-corrected chi connectivity index (χ1v) is 5.33. The molecule has 1 N–H and O–H groups in total. The average Bonchev–Trinajstić information content (AvgIpc) is 2.19. The lowest BCUT2D eigenvalue weighted by Crippen LogP contribution is -2.26. The van der Waals surface area contributed by atoms with Crippen LogP contribution in [0, 0.1) is 5.82 Å². The van der Waals surface area contributed by atoms with Gasteiger partial charge in [-0.1, -0.05) is 24.1 Å². The van der Waals surface area contributed by atoms with E-state index >= 15 is 0 Å². The fourth-order valence-electron chi connectivity index (χ4n) is 1.90. The maximum Gasteiger partial charge on any atom is 0.124 e. The lowest BCUT2D eigenvalue weighted by molar-refractivity contribution is 0.412. The first-order chi connectivity index (χ1) is 6.77. The molecule has 0 spiro atoms. The van der Waals surface area contributed by atoms with E-state index in [0.29, 0.717) is 11.1 Å². The van der Waals surface area contributed by atoms with E-state index in [-0.39, 0.29) is 5.82 Å². The third kappa shape index (κ3) is 2.07. The Balaban J connectivity index is 2.22. The van der Waals surface area contributed by atoms with Crippen molar-refractivity contribution in [2.24, 2.45) is 0 Å². The highest BCUT2D eigenvalue weighted by Crippen LogP contribution is 2.29. The third-order valence-electron chi connectivity index (χ3n) is 2.65. The number of piperidine rings is 1. The van der Waals surface area contributed by atoms with Gasteiger partial charge in [0, 0.05) is 11.1 Å². The van der Waals surface area contributed by atoms with Crippen LogP contribution in [0.4, 0.5) is 4.39 Å². The summed E-state index contributed by atoms with van der Waals surface area (Å²) in [6, 6.07) is 4.93. The van der Waals surface area contributed by atoms with Crippen LogP contribution in [-0.2, 0) is 0 Å². The molecule has 3 heteroatoms. The van der Waals surface area contributed by atoms with Crippen molar-refractivity contribution >= 4 is 11.6 Å². The van der Waals surface area contributed by atoms with Gasteiger partial charge < -0.3 is 5.32 Å². The van der Waals surface area contributed by atoms with Gasteiger partial charge in [0.1, 0.15) is 5.82 Å². The lowest BCUT2D eigenvalue weighted by atomic mass is 9.97. The van der Waals surface area contributed by atoms with Crippen LogP contribution >= 0.6 is 11.6 Å². The van der Waals surface area contributed by atoms with Crippen LogP contribution < -0.4 is 5.32 Å². The molecule has 2 rings (SSSR count). The fraction of sp³-hybridized carbons (Fsp3) is 0.455. The highest BCUT2D eigenvalue weighted by molar-refractivity contribution is 6.31. The summed E-state index contributed by atoms with van der Waals surface area (Å²) in [4.78, 5) is 0. The van der Waals surface area contributed by atoms with Gasteiger partial charge in [-0.15, -0.1) is 0 Å². The van der Waals surface area contributed by atoms with Crippen LogP contribution in [-0.4, -0.2) is 6.54 Å². The Kier molecular flexibility index (Phi) is 3.04. The molecule has 1 heterocycles. The molecular formula is C11H13ClFN. The van der Waals surface area contributed by atoms with Gasteiger partial charge >= 0.3 is 0 Å². The molecule has 14 heavy (non-hydrogen) atoms. The van der Waals surface area contributed by atoms with E-state index < -0.39 is 0 Å². The second-order valence-electron chi connectivity index (χ2n) is 3.67. The quantitative estimate of drug-likeness (QED) is 0.755. The Morgan fingerprint density at radius 3 is 2.86 bits per heavy atom. The summed E-state index contributed by atoms with van der Waals surface area (Å²) in [5.41, 5.74) is 1.02. The van der Waals surface area contributed by atoms with Crippen molar-refractivity contribution < 1.29 is 4.39 Å². The van der Waals surface area contributed by atoms with Crippen molar-refractivity contribution in [3.63, 3.8) is 0 Å². The molecule has 0 aliphatic carbocycles. The Morgan fingerprint density at radius 1 is 1.36 bits per heavy atom. The van der Waals surface area contributed by atoms with Gasteiger partial charge in [0.15, 0.2) is 0 Å². The molecule has 1 aliphatic rings. The van der Waals surface area contributed by atoms with Gasteiger partial charge in [-0.25, -0.2) is 4.39 Å². The first kappa shape index (κ1) is 9.94. The van der Waals surface area contributed by atoms with Gasteiger partial charge in [0.2, 0.25) is 0 Å². The topological polar surface area (TPSA) is 12.0 Å². The molecule has 1 nitrogen and oxygen atoms in total. The normalized spacial score (nSPS) is 22.3. The molecule has 76 valence electrons. The molecule has 0 unspecified atom stereocenters. The summed E-state index contributed by atoms with van der Waals surface area (Å²) in [6.07, 6.45) is 3.52. The van der Waals surface area contributed by atoms with Crippen molar-refractivity contribution in [1.82, 2.24) is 5.32 Å². The number of rotatable bonds is 1. The molecule has 1 saturated heterocycles. The molecule has 0 bridgehead atoms. The largest absolute Gasteiger partial charge is 0.310 e. The van der Waals surface area contributed by atoms with Gasteiger partial charge in [-0.05, 0) is 37.1 Å². The number of benzene rings is 1. The predicted octanol–water partition coefficient (Wildman–Crippen LogP) is 3.29. The van der Waals surface area contributed by atoms with Crippen molar-refractivity contribution in [3.05, 3.63) is 34.6 Å². The molecule has 0 amide bonds. The zero-order valence-electron chi connectivity index (χ0n) is 7.89. The van der Waals surface area contributed by atoms with Crippen LogP contribution in [0.1, 0.15) is 30.9 Å². The number of halogens is 2. The van der Waals surface area contributed by atoms with Crippen molar-refractivity contribution in [3.8, 4) is 0 Å². The van der Waals surface area contributed by atoms with E-state index in [1.54, 1.807) is 6.07 Å². The smallest absolute Gasteiger partial charge is 0.124 e. The molecule has 0 radical (unpaired) electrons. The second kappa shape index (κ2) is 4.28. The summed E-state index contributed by atoms with van der Waals surface area (Å²) in [6.45, 7) is 1.03. The Hall–Kier alpha value is -0.600. The van der Waals surface area contributed by atoms with Crippen LogP contribution in [0.25, 0.3) is 0 Å². The van der Waals surface area contributed by atoms with Crippen LogP contribution in [0.5, 0.6) is 0 Å². The van der Waals surface area contributed by atoms with Crippen molar-refractivity contribution in [2.75, 3.05) is 6.54 Å². The Morgan fingerprint density at radius 2 is 2.21 bits per heavy atom. The first-order valence-electron chi connectivity index (χ1n) is 4.96. The SMILES string of the molecule is Fc1ccc([C@@H]2CCCCN2)c(Cl)c1. The van der Waals surface area contributed by atoms with Gasteiger partial charge in [-0.3, -0.25) is 0 Å². The summed E-state index contributed by atoms with van der Waals surface area (Å²) in [7, 11) is 0. The minimum absolute atomic E-state index is 0.269. The lowest BCUT2D eigenvalue weighted by Gasteiger charge is -2.24. The van der Waals surface area contributed by atoms with E-state index in [4.69, 9.17) is 11.6 Å². The van der Waals surface area contributed by atoms with Crippen LogP contribution in [0.3, 0.4) is 0 Å². The molecule has 1 atom stereocenters. The maximum atomic E-state index is 12.8. The predicted molar refractivity (Wildman–Crippen MR) is 56.0 cm³/mol. The molecule has 0 aromatic heterocycles. The summed E-state index contributed by atoms with van der Waals surface area (Å²) in [5.74, 6) is -0.269. The van der Waals surface area contributed by atoms with Crippen LogP contribution in [0.15, 0.2) is 18.2 Å². The highest BCUT2D eigenvalue weighted by atomic mass is 35.5. The zero-order chi connectivity index (χ0) is 9.97. The Bertz CT molecular complexity index is 321. The second-order valence-corrected chi connectivity index (χ2v) is 4.08. The van der Waals surface area contributed by atoms with E-state index in [9.17, 15) is 4.39 Å². The number of hydrogen-bond donors (Lipinski definition) is 1. The van der Waals surface area contributed by atoms with Crippen LogP contribution in [0.2, 0.25) is 5.02 Å². The number of nitrogens with one attached hydrogen (secondary N) is 1.